The van der Waals surface area contributed by atoms with E-state index in [1.165, 1.54) is 0 Å². The van der Waals surface area contributed by atoms with Crippen molar-refractivity contribution < 1.29 is 4.79 Å². The first-order valence-electron chi connectivity index (χ1n) is 7.73. The van der Waals surface area contributed by atoms with E-state index in [0.29, 0.717) is 0 Å². The van der Waals surface area contributed by atoms with Crippen molar-refractivity contribution >= 4 is 5.91 Å². The summed E-state index contributed by atoms with van der Waals surface area (Å²) in [5.74, 6) is -0.216. The summed E-state index contributed by atoms with van der Waals surface area (Å²) in [6.07, 6.45) is 0.855. The van der Waals surface area contributed by atoms with Gasteiger partial charge < -0.3 is 11.1 Å². The topological polar surface area (TPSA) is 55.1 Å². The molecule has 0 aliphatic carbocycles. The number of hydrogen-bond acceptors (Lipinski definition) is 2. The number of carbonyl (C=O) groups excluding carboxylic acids is 1. The predicted molar refractivity (Wildman–Crippen MR) is 90.6 cm³/mol. The Labute approximate surface area is 132 Å². The van der Waals surface area contributed by atoms with Gasteiger partial charge in [-0.1, -0.05) is 74.0 Å². The average molecular weight is 296 g/mol. The Bertz CT molecular complexity index is 556. The van der Waals surface area contributed by atoms with Crippen molar-refractivity contribution in [2.75, 3.05) is 13.6 Å². The smallest absolute Gasteiger partial charge is 0.232 e. The van der Waals surface area contributed by atoms with Crippen LogP contribution in [0.25, 0.3) is 0 Å². The molecule has 3 N–H and O–H groups in total. The number of primary amides is 1. The summed E-state index contributed by atoms with van der Waals surface area (Å²) in [5.41, 5.74) is 7.07. The summed E-state index contributed by atoms with van der Waals surface area (Å²) in [4.78, 5) is 12.7. The first-order valence-corrected chi connectivity index (χ1v) is 7.73. The van der Waals surface area contributed by atoms with Crippen LogP contribution >= 0.6 is 0 Å². The van der Waals surface area contributed by atoms with Crippen LogP contribution in [0.1, 0.15) is 24.5 Å². The van der Waals surface area contributed by atoms with Gasteiger partial charge in [0.2, 0.25) is 5.91 Å². The van der Waals surface area contributed by atoms with Crippen LogP contribution < -0.4 is 11.1 Å². The molecule has 1 atom stereocenters. The number of amides is 1. The van der Waals surface area contributed by atoms with Crippen molar-refractivity contribution in [1.82, 2.24) is 5.32 Å². The van der Waals surface area contributed by atoms with Crippen molar-refractivity contribution in [3.05, 3.63) is 71.8 Å². The normalized spacial score (nSPS) is 12.8. The minimum atomic E-state index is -0.819. The summed E-state index contributed by atoms with van der Waals surface area (Å²) < 4.78 is 0. The van der Waals surface area contributed by atoms with E-state index < -0.39 is 5.41 Å². The van der Waals surface area contributed by atoms with Crippen molar-refractivity contribution in [2.24, 2.45) is 11.7 Å². The molecule has 22 heavy (non-hydrogen) atoms. The van der Waals surface area contributed by atoms with E-state index in [0.717, 1.165) is 24.1 Å². The second-order valence-corrected chi connectivity index (χ2v) is 5.57. The number of hydrogen-bond donors (Lipinski definition) is 2. The lowest BCUT2D eigenvalue weighted by Gasteiger charge is -2.39. The molecule has 2 aromatic rings. The van der Waals surface area contributed by atoms with Crippen molar-refractivity contribution in [3.8, 4) is 0 Å². The molecule has 0 saturated carbocycles. The lowest BCUT2D eigenvalue weighted by Crippen LogP contribution is -2.50. The highest BCUT2D eigenvalue weighted by Gasteiger charge is 2.46. The molecular formula is C19H24N2O. The van der Waals surface area contributed by atoms with Crippen LogP contribution in [0.2, 0.25) is 0 Å². The number of nitrogens with one attached hydrogen (secondary N) is 1. The molecular weight excluding hydrogens is 272 g/mol. The highest BCUT2D eigenvalue weighted by atomic mass is 16.1. The van der Waals surface area contributed by atoms with Gasteiger partial charge in [0.05, 0.1) is 0 Å². The summed E-state index contributed by atoms with van der Waals surface area (Å²) in [6, 6.07) is 19.7. The fraction of sp³-hybridized carbons (Fsp3) is 0.316. The summed E-state index contributed by atoms with van der Waals surface area (Å²) in [5, 5.41) is 3.21. The third-order valence-electron chi connectivity index (χ3n) is 4.40. The van der Waals surface area contributed by atoms with E-state index in [9.17, 15) is 4.79 Å². The Hall–Kier alpha value is -2.13. The maximum Gasteiger partial charge on any atom is 0.232 e. The molecule has 3 nitrogen and oxygen atoms in total. The molecule has 1 amide bonds. The molecule has 0 aliphatic rings. The second-order valence-electron chi connectivity index (χ2n) is 5.57. The van der Waals surface area contributed by atoms with Gasteiger partial charge in [0.25, 0.3) is 0 Å². The summed E-state index contributed by atoms with van der Waals surface area (Å²) >= 11 is 0. The van der Waals surface area contributed by atoms with Crippen LogP contribution in [-0.4, -0.2) is 19.5 Å². The SMILES string of the molecule is CC[C@H](CNC)C(C(N)=O)(c1ccccc1)c1ccccc1. The molecule has 0 fully saturated rings. The molecule has 3 heteroatoms. The molecule has 2 aromatic carbocycles. The number of nitrogens with two attached hydrogens (primary N) is 1. The fourth-order valence-electron chi connectivity index (χ4n) is 3.38. The standard InChI is InChI=1S/C19H24N2O/c1-3-15(14-21-2)19(18(20)22,16-10-6-4-7-11-16)17-12-8-5-9-13-17/h4-13,15,21H,3,14H2,1-2H3,(H2,20,22)/t15-/m1/s1. The number of carbonyl (C=O) groups is 1. The summed E-state index contributed by atoms with van der Waals surface area (Å²) in [6.45, 7) is 2.83. The van der Waals surface area contributed by atoms with E-state index in [2.05, 4.69) is 12.2 Å². The van der Waals surface area contributed by atoms with Crippen LogP contribution in [-0.2, 0) is 10.2 Å². The van der Waals surface area contributed by atoms with Crippen molar-refractivity contribution in [2.45, 2.75) is 18.8 Å². The van der Waals surface area contributed by atoms with Gasteiger partial charge in [-0.05, 0) is 30.6 Å². The molecule has 2 rings (SSSR count). The Morgan fingerprint density at radius 1 is 1.05 bits per heavy atom. The molecule has 116 valence electrons. The van der Waals surface area contributed by atoms with Crippen LogP contribution in [0.15, 0.2) is 60.7 Å². The maximum atomic E-state index is 12.7. The highest BCUT2D eigenvalue weighted by molar-refractivity contribution is 5.91. The largest absolute Gasteiger partial charge is 0.369 e. The summed E-state index contributed by atoms with van der Waals surface area (Å²) in [7, 11) is 1.91. The molecule has 0 radical (unpaired) electrons. The monoisotopic (exact) mass is 296 g/mol. The minimum Gasteiger partial charge on any atom is -0.369 e. The minimum absolute atomic E-state index is 0.0831. The molecule has 0 aromatic heterocycles. The van der Waals surface area contributed by atoms with E-state index in [-0.39, 0.29) is 11.8 Å². The van der Waals surface area contributed by atoms with Crippen LogP contribution in [0, 0.1) is 5.92 Å². The molecule has 0 bridgehead atoms. The van der Waals surface area contributed by atoms with Gasteiger partial charge in [0, 0.05) is 0 Å². The molecule has 0 spiro atoms. The van der Waals surface area contributed by atoms with E-state index >= 15 is 0 Å². The average Bonchev–Trinajstić information content (AvgIpc) is 2.56. The van der Waals surface area contributed by atoms with Crippen LogP contribution in [0.5, 0.6) is 0 Å². The lowest BCUT2D eigenvalue weighted by molar-refractivity contribution is -0.124. The van der Waals surface area contributed by atoms with Crippen LogP contribution in [0.3, 0.4) is 0 Å². The molecule has 0 heterocycles. The zero-order valence-corrected chi connectivity index (χ0v) is 13.3. The van der Waals surface area contributed by atoms with E-state index in [1.54, 1.807) is 0 Å². The maximum absolute atomic E-state index is 12.7. The Morgan fingerprint density at radius 3 is 1.82 bits per heavy atom. The van der Waals surface area contributed by atoms with Crippen molar-refractivity contribution in [1.29, 1.82) is 0 Å². The lowest BCUT2D eigenvalue weighted by atomic mass is 9.64. The van der Waals surface area contributed by atoms with E-state index in [4.69, 9.17) is 5.73 Å². The second kappa shape index (κ2) is 7.23. The zero-order chi connectivity index (χ0) is 16.0. The first-order chi connectivity index (χ1) is 10.7. The number of benzene rings is 2. The molecule has 0 saturated heterocycles. The predicted octanol–water partition coefficient (Wildman–Crippen LogP) is 2.70. The first kappa shape index (κ1) is 16.2. The Kier molecular flexibility index (Phi) is 5.34. The Balaban J connectivity index is 2.73. The van der Waals surface area contributed by atoms with Gasteiger partial charge in [-0.25, -0.2) is 0 Å². The third-order valence-corrected chi connectivity index (χ3v) is 4.40. The van der Waals surface area contributed by atoms with E-state index in [1.807, 2.05) is 67.7 Å². The number of rotatable bonds is 7. The zero-order valence-electron chi connectivity index (χ0n) is 13.3. The van der Waals surface area contributed by atoms with Gasteiger partial charge >= 0.3 is 0 Å². The Morgan fingerprint density at radius 2 is 1.50 bits per heavy atom. The molecule has 0 aliphatic heterocycles. The highest BCUT2D eigenvalue weighted by Crippen LogP contribution is 2.40. The van der Waals surface area contributed by atoms with Gasteiger partial charge in [-0.3, -0.25) is 4.79 Å². The quantitative estimate of drug-likeness (QED) is 0.825. The van der Waals surface area contributed by atoms with Gasteiger partial charge in [0.1, 0.15) is 5.41 Å². The molecule has 0 unspecified atom stereocenters. The third kappa shape index (κ3) is 2.77. The fourth-order valence-corrected chi connectivity index (χ4v) is 3.38. The van der Waals surface area contributed by atoms with Gasteiger partial charge in [-0.2, -0.15) is 0 Å². The van der Waals surface area contributed by atoms with Crippen LogP contribution in [0.4, 0.5) is 0 Å². The van der Waals surface area contributed by atoms with Crippen molar-refractivity contribution in [3.63, 3.8) is 0 Å². The van der Waals surface area contributed by atoms with Gasteiger partial charge in [0.15, 0.2) is 0 Å². The van der Waals surface area contributed by atoms with Gasteiger partial charge in [-0.15, -0.1) is 0 Å².